The predicted molar refractivity (Wildman–Crippen MR) is 393 cm³/mol. The molecule has 6 aliphatic rings. The van der Waals surface area contributed by atoms with Crippen molar-refractivity contribution in [1.29, 1.82) is 0 Å². The van der Waals surface area contributed by atoms with E-state index in [1.54, 1.807) is 91.2 Å². The van der Waals surface area contributed by atoms with Crippen molar-refractivity contribution >= 4 is 98.0 Å². The maximum Gasteiger partial charge on any atom is 0.416 e. The number of rotatable bonds is 22. The van der Waals surface area contributed by atoms with Crippen LogP contribution in [0, 0.1) is 0 Å². The summed E-state index contributed by atoms with van der Waals surface area (Å²) < 4.78 is 64.2. The molecular weight excluding hydrogens is 1390 g/mol. The summed E-state index contributed by atoms with van der Waals surface area (Å²) in [6, 6.07) is 25.1. The van der Waals surface area contributed by atoms with Gasteiger partial charge < -0.3 is 71.9 Å². The van der Waals surface area contributed by atoms with E-state index in [0.29, 0.717) is 55.8 Å². The van der Waals surface area contributed by atoms with Crippen molar-refractivity contribution < 1.29 is 86.0 Å². The number of thiophene rings is 3. The van der Waals surface area contributed by atoms with Gasteiger partial charge in [0, 0.05) is 73.3 Å². The van der Waals surface area contributed by atoms with Crippen LogP contribution in [0.2, 0.25) is 0 Å². The van der Waals surface area contributed by atoms with E-state index in [-0.39, 0.29) is 113 Å². The molecule has 13 rings (SSSR count). The number of amides is 5. The number of hydrogen-bond acceptors (Lipinski definition) is 22. The Morgan fingerprint density at radius 1 is 0.510 bits per heavy atom. The molecule has 0 bridgehead atoms. The summed E-state index contributed by atoms with van der Waals surface area (Å²) >= 11 is 4.83. The Bertz CT molecular complexity index is 4290. The lowest BCUT2D eigenvalue weighted by molar-refractivity contribution is -0.149. The zero-order chi connectivity index (χ0) is 73.3. The van der Waals surface area contributed by atoms with Gasteiger partial charge in [-0.15, -0.1) is 34.0 Å². The Labute approximate surface area is 613 Å². The minimum absolute atomic E-state index is 0.0336. The van der Waals surface area contributed by atoms with Crippen molar-refractivity contribution in [3.05, 3.63) is 212 Å². The van der Waals surface area contributed by atoms with Gasteiger partial charge in [-0.3, -0.25) is 24.2 Å². The number of esters is 1. The van der Waals surface area contributed by atoms with Crippen LogP contribution in [0.15, 0.2) is 163 Å². The number of methoxy groups -OCH3 is 6. The zero-order valence-electron chi connectivity index (χ0n) is 58.1. The first kappa shape index (κ1) is 73.2. The minimum atomic E-state index is -0.936. The molecule has 5 amide bonds. The standard InChI is InChI=1S/C53H53N5O12S2.C24H25NO6S/c1-7-20-67-52(61)57-38-28-44(42(63-3)26-36(38)48(59)55-18-16-32(46-14-10-22-71-46)24-40(55)50(57)65-5)69-30-34-12-9-13-35(54-34)31-70-45-29-39-37(27-43(45)64-4)49(60)56-19-17-33(47-15-11-23-72-47)25-41(56)51(66-6)58(39)53(62)68-21-8-2;1-4-9-31-24(28)21-15-12-18(26)19(29-2)13-16(15)23(27)25-8-7-14(20-6-5-10-32-20)11-17(25)22(21)30-3/h7-17,22-23,26-29,40-41,50-51H,1-2,18-21,24-25,30-31H2,3-6H3;4-7,10,12-13,17,21-22,26H,1,8-9,11H2,2-3H3/t40-,41-,50?,51?;17-,21?,22?/m00/s1. The van der Waals surface area contributed by atoms with Crippen LogP contribution in [0.5, 0.6) is 34.5 Å². The average Bonchev–Trinajstić information content (AvgIpc) is 1.60. The average molecular weight is 1470 g/mol. The topological polar surface area (TPSA) is 253 Å². The number of pyridine rings is 1. The molecule has 10 heterocycles. The lowest BCUT2D eigenvalue weighted by Gasteiger charge is -2.40. The van der Waals surface area contributed by atoms with Gasteiger partial charge in [0.15, 0.2) is 47.0 Å². The summed E-state index contributed by atoms with van der Waals surface area (Å²) in [5.74, 6) is -1.36. The third kappa shape index (κ3) is 14.7. The molecule has 0 saturated carbocycles. The van der Waals surface area contributed by atoms with Crippen LogP contribution in [0.4, 0.5) is 21.0 Å². The Hall–Kier alpha value is -10.6. The second-order valence-corrected chi connectivity index (χ2v) is 27.3. The fraction of sp³-hybridized carbons (Fsp3) is 0.312. The largest absolute Gasteiger partial charge is 0.504 e. The normalized spacial score (nSPS) is 20.2. The Balaban J connectivity index is 0.000000264. The highest BCUT2D eigenvalue weighted by atomic mass is 32.1. The number of carbonyl (C=O) groups is 6. The first-order valence-corrected chi connectivity index (χ1v) is 35.9. The van der Waals surface area contributed by atoms with E-state index < -0.39 is 60.8 Å². The highest BCUT2D eigenvalue weighted by Crippen LogP contribution is 2.48. The number of phenols is 1. The van der Waals surface area contributed by atoms with Crippen molar-refractivity contribution in [2.24, 2.45) is 0 Å². The molecule has 0 saturated heterocycles. The third-order valence-corrected chi connectivity index (χ3v) is 21.6. The van der Waals surface area contributed by atoms with E-state index >= 15 is 0 Å². The first-order chi connectivity index (χ1) is 50.6. The summed E-state index contributed by atoms with van der Waals surface area (Å²) in [5.41, 5.74) is 5.72. The van der Waals surface area contributed by atoms with Crippen LogP contribution in [0.25, 0.3) is 16.7 Å². The number of carbonyl (C=O) groups excluding carboxylic acids is 6. The van der Waals surface area contributed by atoms with Crippen molar-refractivity contribution in [3.8, 4) is 34.5 Å². The third-order valence-electron chi connectivity index (χ3n) is 18.7. The monoisotopic (exact) mass is 1470 g/mol. The smallest absolute Gasteiger partial charge is 0.416 e. The van der Waals surface area contributed by atoms with Crippen molar-refractivity contribution in [2.75, 3.05) is 91.9 Å². The molecule has 0 aliphatic carbocycles. The Morgan fingerprint density at radius 2 is 0.923 bits per heavy atom. The fourth-order valence-corrected chi connectivity index (χ4v) is 16.3. The van der Waals surface area contributed by atoms with E-state index in [4.69, 9.17) is 57.1 Å². The molecule has 6 aliphatic heterocycles. The molecule has 542 valence electrons. The number of ether oxygens (including phenoxy) is 11. The molecular formula is C77H78N6O18S3. The number of benzene rings is 3. The highest BCUT2D eigenvalue weighted by molar-refractivity contribution is 7.11. The first-order valence-electron chi connectivity index (χ1n) is 33.3. The molecule has 24 nitrogen and oxygen atoms in total. The second-order valence-electron chi connectivity index (χ2n) is 24.5. The maximum atomic E-state index is 14.5. The van der Waals surface area contributed by atoms with Gasteiger partial charge in [-0.05, 0) is 112 Å². The van der Waals surface area contributed by atoms with Crippen molar-refractivity contribution in [2.45, 2.75) is 75.1 Å². The van der Waals surface area contributed by atoms with Gasteiger partial charge >= 0.3 is 18.2 Å². The number of anilines is 2. The predicted octanol–water partition coefficient (Wildman–Crippen LogP) is 12.8. The molecule has 0 spiro atoms. The van der Waals surface area contributed by atoms with Crippen molar-refractivity contribution in [1.82, 2.24) is 19.7 Å². The number of phenolic OH excluding ortho intramolecular Hbond substituents is 1. The van der Waals surface area contributed by atoms with Crippen LogP contribution in [0.1, 0.15) is 87.8 Å². The number of hydrogen-bond donors (Lipinski definition) is 1. The summed E-state index contributed by atoms with van der Waals surface area (Å²) in [7, 11) is 8.87. The zero-order valence-corrected chi connectivity index (χ0v) is 60.5. The summed E-state index contributed by atoms with van der Waals surface area (Å²) in [4.78, 5) is 99.8. The molecule has 4 unspecified atom stereocenters. The van der Waals surface area contributed by atoms with Crippen LogP contribution in [0.3, 0.4) is 0 Å². The molecule has 4 aromatic heterocycles. The SMILES string of the molecule is C=CCOC(=O)C1c2cc(O)c(OC)cc2C(=O)N2CC=C(c3cccs3)C[C@H]2C1OC.C=CCOC(=O)N1c2cc(OCc3cccc(COc4cc5c(cc4OC)C(=O)N4CC=C(c6cccs6)C[C@H]4C(OC)N5C(=O)OCC=C)n3)c(OC)cc2C(=O)N2CC=C(c3cccs3)C[C@H]2C1OC. The number of aromatic nitrogens is 1. The minimum Gasteiger partial charge on any atom is -0.504 e. The van der Waals surface area contributed by atoms with Crippen molar-refractivity contribution in [3.63, 3.8) is 0 Å². The van der Waals surface area contributed by atoms with E-state index in [1.165, 1.54) is 82.8 Å². The van der Waals surface area contributed by atoms with Crippen LogP contribution < -0.4 is 33.5 Å². The summed E-state index contributed by atoms with van der Waals surface area (Å²) in [5, 5.41) is 16.4. The molecule has 1 N–H and O–H groups in total. The quantitative estimate of drug-likeness (QED) is 0.0376. The molecule has 104 heavy (non-hydrogen) atoms. The second kappa shape index (κ2) is 32.8. The number of nitrogens with zero attached hydrogens (tertiary/aromatic N) is 6. The molecule has 27 heteroatoms. The number of fused-ring (bicyclic) bond motifs is 6. The molecule has 7 atom stereocenters. The van der Waals surface area contributed by atoms with E-state index in [9.17, 15) is 33.9 Å². The number of aromatic hydroxyl groups is 1. The lowest BCUT2D eigenvalue weighted by atomic mass is 9.84. The van der Waals surface area contributed by atoms with Gasteiger partial charge in [-0.2, -0.15) is 0 Å². The van der Waals surface area contributed by atoms with Crippen LogP contribution in [-0.4, -0.2) is 179 Å². The Morgan fingerprint density at radius 3 is 1.33 bits per heavy atom. The highest BCUT2D eigenvalue weighted by Gasteiger charge is 2.50. The maximum absolute atomic E-state index is 14.5. The fourth-order valence-electron chi connectivity index (χ4n) is 13.9. The van der Waals surface area contributed by atoms with Crippen LogP contribution >= 0.6 is 34.0 Å². The summed E-state index contributed by atoms with van der Waals surface area (Å²) in [6.45, 7) is 11.8. The van der Waals surface area contributed by atoms with E-state index in [1.807, 2.05) is 70.8 Å². The van der Waals surface area contributed by atoms with Gasteiger partial charge in [0.05, 0.1) is 79.4 Å². The van der Waals surface area contributed by atoms with Gasteiger partial charge in [0.2, 0.25) is 0 Å². The van der Waals surface area contributed by atoms with E-state index in [0.717, 1.165) is 31.4 Å². The van der Waals surface area contributed by atoms with Gasteiger partial charge in [-0.1, -0.05) is 80.5 Å². The Kier molecular flexibility index (Phi) is 23.1. The van der Waals surface area contributed by atoms with Gasteiger partial charge in [0.25, 0.3) is 17.7 Å². The van der Waals surface area contributed by atoms with Gasteiger partial charge in [0.1, 0.15) is 39.0 Å². The van der Waals surface area contributed by atoms with Crippen LogP contribution in [-0.2, 0) is 46.4 Å². The lowest BCUT2D eigenvalue weighted by Crippen LogP contribution is -2.55. The molecule has 7 aromatic rings. The van der Waals surface area contributed by atoms with E-state index in [2.05, 4.69) is 19.7 Å². The molecule has 3 aromatic carbocycles. The van der Waals surface area contributed by atoms with Gasteiger partial charge in [-0.25, -0.2) is 19.4 Å². The molecule has 0 fully saturated rings. The summed E-state index contributed by atoms with van der Waals surface area (Å²) in [6.07, 6.45) is 7.91. The molecule has 0 radical (unpaired) electrons.